The minimum Gasteiger partial charge on any atom is -0.326 e. The lowest BCUT2D eigenvalue weighted by Crippen LogP contribution is -2.25. The van der Waals surface area contributed by atoms with Gasteiger partial charge in [-0.25, -0.2) is 9.78 Å². The number of aryl methyl sites for hydroxylation is 1. The zero-order chi connectivity index (χ0) is 19.1. The number of unbranched alkanes of at least 4 members (excludes halogenated alkanes) is 2. The molecule has 0 spiro atoms. The first-order chi connectivity index (χ1) is 13.8. The quantitative estimate of drug-likeness (QED) is 0.457. The summed E-state index contributed by atoms with van der Waals surface area (Å²) in [6, 6.07) is 10.5. The topological polar surface area (TPSA) is 57.6 Å². The number of rotatable bonds is 7. The van der Waals surface area contributed by atoms with Crippen LogP contribution in [0.4, 0.5) is 0 Å². The highest BCUT2D eigenvalue weighted by atomic mass is 16.1. The molecule has 3 aromatic heterocycles. The van der Waals surface area contributed by atoms with Gasteiger partial charge in [-0.1, -0.05) is 31.9 Å². The van der Waals surface area contributed by atoms with E-state index in [9.17, 15) is 4.79 Å². The Bertz CT molecular complexity index is 1190. The summed E-state index contributed by atoms with van der Waals surface area (Å²) in [5, 5.41) is 0. The molecule has 28 heavy (non-hydrogen) atoms. The van der Waals surface area contributed by atoms with Crippen LogP contribution in [0.3, 0.4) is 0 Å². The average molecular weight is 375 g/mol. The van der Waals surface area contributed by atoms with Gasteiger partial charge in [0, 0.05) is 18.8 Å². The molecule has 0 unspecified atom stereocenters. The molecule has 5 rings (SSSR count). The summed E-state index contributed by atoms with van der Waals surface area (Å²) in [5.41, 5.74) is 4.07. The second kappa shape index (κ2) is 6.93. The highest BCUT2D eigenvalue weighted by Crippen LogP contribution is 2.36. The molecule has 4 aromatic rings. The van der Waals surface area contributed by atoms with E-state index >= 15 is 0 Å². The summed E-state index contributed by atoms with van der Waals surface area (Å²) in [7, 11) is 0. The van der Waals surface area contributed by atoms with Gasteiger partial charge in [0.25, 0.3) is 0 Å². The van der Waals surface area contributed by atoms with Gasteiger partial charge in [-0.3, -0.25) is 14.1 Å². The molecule has 0 N–H and O–H groups in total. The van der Waals surface area contributed by atoms with Crippen LogP contribution in [-0.4, -0.2) is 23.7 Å². The highest BCUT2D eigenvalue weighted by Gasteiger charge is 2.29. The smallest absolute Gasteiger partial charge is 0.326 e. The Morgan fingerprint density at radius 3 is 2.71 bits per heavy atom. The van der Waals surface area contributed by atoms with Crippen molar-refractivity contribution >= 4 is 22.1 Å². The lowest BCUT2D eigenvalue weighted by atomic mass is 10.2. The molecular formula is C22H25N5O. The van der Waals surface area contributed by atoms with E-state index in [0.717, 1.165) is 53.7 Å². The van der Waals surface area contributed by atoms with Crippen LogP contribution in [0, 0.1) is 0 Å². The number of hydrogen-bond donors (Lipinski definition) is 0. The van der Waals surface area contributed by atoms with E-state index in [4.69, 9.17) is 4.98 Å². The molecule has 0 amide bonds. The van der Waals surface area contributed by atoms with Crippen LogP contribution >= 0.6 is 0 Å². The van der Waals surface area contributed by atoms with Gasteiger partial charge in [0.2, 0.25) is 0 Å². The zero-order valence-electron chi connectivity index (χ0n) is 16.2. The number of para-hydroxylation sites is 2. The third-order valence-electron chi connectivity index (χ3n) is 5.70. The Morgan fingerprint density at radius 2 is 1.89 bits per heavy atom. The fourth-order valence-corrected chi connectivity index (χ4v) is 4.12. The van der Waals surface area contributed by atoms with E-state index in [1.165, 1.54) is 12.8 Å². The van der Waals surface area contributed by atoms with Gasteiger partial charge in [0.05, 0.1) is 34.8 Å². The molecule has 1 aliphatic rings. The molecule has 0 aliphatic heterocycles. The monoisotopic (exact) mass is 375 g/mol. The number of pyridine rings is 1. The molecule has 3 heterocycles. The summed E-state index contributed by atoms with van der Waals surface area (Å²) in [6.45, 7) is 3.62. The molecule has 0 atom stereocenters. The van der Waals surface area contributed by atoms with E-state index in [1.807, 2.05) is 27.3 Å². The average Bonchev–Trinajstić information content (AvgIpc) is 3.43. The third-order valence-corrected chi connectivity index (χ3v) is 5.70. The van der Waals surface area contributed by atoms with Crippen molar-refractivity contribution in [3.05, 3.63) is 59.0 Å². The highest BCUT2D eigenvalue weighted by molar-refractivity contribution is 5.77. The molecule has 6 nitrogen and oxygen atoms in total. The van der Waals surface area contributed by atoms with Crippen molar-refractivity contribution in [1.82, 2.24) is 23.7 Å². The van der Waals surface area contributed by atoms with Crippen LogP contribution in [0.25, 0.3) is 22.1 Å². The standard InChI is InChI=1S/C22H25N5O/c1-2-3-6-13-25-18-8-5-4-7-17(18)24-21(25)15-26-20-14-23-12-11-19(20)27(22(26)28)16-9-10-16/h4-5,7-8,11-12,14,16H,2-3,6,9-10,13,15H2,1H3. The lowest BCUT2D eigenvalue weighted by Gasteiger charge is -2.09. The van der Waals surface area contributed by atoms with Gasteiger partial charge in [0.1, 0.15) is 5.82 Å². The Hall–Kier alpha value is -2.89. The summed E-state index contributed by atoms with van der Waals surface area (Å²) < 4.78 is 6.08. The van der Waals surface area contributed by atoms with Crippen LogP contribution in [0.1, 0.15) is 50.9 Å². The van der Waals surface area contributed by atoms with Gasteiger partial charge in [-0.15, -0.1) is 0 Å². The van der Waals surface area contributed by atoms with Crippen molar-refractivity contribution in [2.24, 2.45) is 0 Å². The summed E-state index contributed by atoms with van der Waals surface area (Å²) in [6.07, 6.45) is 9.22. The van der Waals surface area contributed by atoms with Gasteiger partial charge in [-0.05, 0) is 37.5 Å². The maximum Gasteiger partial charge on any atom is 0.329 e. The maximum atomic E-state index is 13.2. The van der Waals surface area contributed by atoms with Crippen LogP contribution in [0.2, 0.25) is 0 Å². The molecule has 0 bridgehead atoms. The number of imidazole rings is 2. The summed E-state index contributed by atoms with van der Waals surface area (Å²) >= 11 is 0. The molecule has 1 saturated carbocycles. The number of hydrogen-bond acceptors (Lipinski definition) is 3. The van der Waals surface area contributed by atoms with Crippen LogP contribution in [0.5, 0.6) is 0 Å². The van der Waals surface area contributed by atoms with E-state index in [2.05, 4.69) is 28.6 Å². The van der Waals surface area contributed by atoms with E-state index in [1.54, 1.807) is 12.4 Å². The SMILES string of the molecule is CCCCCn1c(Cn2c(=O)n(C3CC3)c3ccncc32)nc2ccccc21. The van der Waals surface area contributed by atoms with Crippen molar-refractivity contribution in [3.63, 3.8) is 0 Å². The fourth-order valence-electron chi connectivity index (χ4n) is 4.12. The molecule has 0 radical (unpaired) electrons. The van der Waals surface area contributed by atoms with Gasteiger partial charge >= 0.3 is 5.69 Å². The van der Waals surface area contributed by atoms with Crippen molar-refractivity contribution in [1.29, 1.82) is 0 Å². The zero-order valence-corrected chi connectivity index (χ0v) is 16.2. The lowest BCUT2D eigenvalue weighted by molar-refractivity contribution is 0.572. The van der Waals surface area contributed by atoms with Crippen molar-refractivity contribution in [2.75, 3.05) is 0 Å². The normalized spacial score (nSPS) is 14.3. The second-order valence-corrected chi connectivity index (χ2v) is 7.71. The van der Waals surface area contributed by atoms with Crippen molar-refractivity contribution in [2.45, 2.75) is 58.2 Å². The summed E-state index contributed by atoms with van der Waals surface area (Å²) in [4.78, 5) is 22.4. The van der Waals surface area contributed by atoms with E-state index < -0.39 is 0 Å². The molecule has 1 aliphatic carbocycles. The first-order valence-electron chi connectivity index (χ1n) is 10.3. The first-order valence-corrected chi connectivity index (χ1v) is 10.3. The van der Waals surface area contributed by atoms with E-state index in [-0.39, 0.29) is 5.69 Å². The molecular weight excluding hydrogens is 350 g/mol. The molecule has 0 saturated heterocycles. The van der Waals surface area contributed by atoms with Crippen molar-refractivity contribution < 1.29 is 0 Å². The van der Waals surface area contributed by atoms with Gasteiger partial charge < -0.3 is 4.57 Å². The van der Waals surface area contributed by atoms with E-state index in [0.29, 0.717) is 12.6 Å². The fraction of sp³-hybridized carbons (Fsp3) is 0.409. The van der Waals surface area contributed by atoms with Crippen LogP contribution in [0.15, 0.2) is 47.5 Å². The second-order valence-electron chi connectivity index (χ2n) is 7.71. The molecule has 6 heteroatoms. The van der Waals surface area contributed by atoms with Gasteiger partial charge in [-0.2, -0.15) is 0 Å². The number of nitrogens with zero attached hydrogens (tertiary/aromatic N) is 5. The van der Waals surface area contributed by atoms with Crippen molar-refractivity contribution in [3.8, 4) is 0 Å². The molecule has 1 aromatic carbocycles. The number of aromatic nitrogens is 5. The predicted octanol–water partition coefficient (Wildman–Crippen LogP) is 4.12. The van der Waals surface area contributed by atoms with Crippen LogP contribution in [-0.2, 0) is 13.1 Å². The largest absolute Gasteiger partial charge is 0.329 e. The third kappa shape index (κ3) is 2.84. The summed E-state index contributed by atoms with van der Waals surface area (Å²) in [5.74, 6) is 0.943. The Kier molecular flexibility index (Phi) is 4.26. The maximum absolute atomic E-state index is 13.2. The van der Waals surface area contributed by atoms with Crippen LogP contribution < -0.4 is 5.69 Å². The first kappa shape index (κ1) is 17.2. The minimum atomic E-state index is 0.0534. The molecule has 144 valence electrons. The Morgan fingerprint density at radius 1 is 1.04 bits per heavy atom. The number of fused-ring (bicyclic) bond motifs is 2. The van der Waals surface area contributed by atoms with Gasteiger partial charge in [0.15, 0.2) is 0 Å². The minimum absolute atomic E-state index is 0.0534. The predicted molar refractivity (Wildman–Crippen MR) is 111 cm³/mol. The Labute approximate surface area is 163 Å². The number of benzene rings is 1. The Balaban J connectivity index is 1.62. The molecule has 1 fully saturated rings.